The first-order chi connectivity index (χ1) is 9.43. The Bertz CT molecular complexity index is 513. The SMILES string of the molecule is CC1(CNC(=O)c2ccc(F)c(F)c2F)CCCNC1. The highest BCUT2D eigenvalue weighted by Crippen LogP contribution is 2.24. The van der Waals surface area contributed by atoms with E-state index in [-0.39, 0.29) is 5.41 Å². The third kappa shape index (κ3) is 3.12. The zero-order valence-corrected chi connectivity index (χ0v) is 11.2. The molecule has 1 aromatic carbocycles. The molecule has 1 aromatic rings. The summed E-state index contributed by atoms with van der Waals surface area (Å²) < 4.78 is 39.4. The lowest BCUT2D eigenvalue weighted by molar-refractivity contribution is 0.0919. The molecule has 3 nitrogen and oxygen atoms in total. The fourth-order valence-corrected chi connectivity index (χ4v) is 2.36. The summed E-state index contributed by atoms with van der Waals surface area (Å²) in [6, 6.07) is 1.70. The Morgan fingerprint density at radius 1 is 1.35 bits per heavy atom. The van der Waals surface area contributed by atoms with Crippen LogP contribution in [0.1, 0.15) is 30.1 Å². The number of halogens is 3. The van der Waals surface area contributed by atoms with Crippen LogP contribution in [-0.4, -0.2) is 25.5 Å². The van der Waals surface area contributed by atoms with E-state index in [0.717, 1.165) is 38.1 Å². The molecule has 20 heavy (non-hydrogen) atoms. The number of hydrogen-bond donors (Lipinski definition) is 2. The van der Waals surface area contributed by atoms with Crippen LogP contribution in [0.5, 0.6) is 0 Å². The quantitative estimate of drug-likeness (QED) is 0.837. The van der Waals surface area contributed by atoms with Crippen LogP contribution in [0.15, 0.2) is 12.1 Å². The summed E-state index contributed by atoms with van der Waals surface area (Å²) in [6.07, 6.45) is 1.95. The van der Waals surface area contributed by atoms with Gasteiger partial charge in [0.1, 0.15) is 0 Å². The average Bonchev–Trinajstić information content (AvgIpc) is 2.43. The molecule has 6 heteroatoms. The number of carbonyl (C=O) groups is 1. The predicted molar refractivity (Wildman–Crippen MR) is 68.9 cm³/mol. The zero-order chi connectivity index (χ0) is 14.8. The van der Waals surface area contributed by atoms with E-state index in [1.807, 2.05) is 6.92 Å². The molecule has 0 aliphatic carbocycles. The minimum atomic E-state index is -1.62. The van der Waals surface area contributed by atoms with Gasteiger partial charge in [-0.2, -0.15) is 0 Å². The van der Waals surface area contributed by atoms with Gasteiger partial charge in [0.2, 0.25) is 0 Å². The van der Waals surface area contributed by atoms with Gasteiger partial charge in [-0.25, -0.2) is 13.2 Å². The number of rotatable bonds is 3. The third-order valence-electron chi connectivity index (χ3n) is 3.64. The third-order valence-corrected chi connectivity index (χ3v) is 3.64. The maximum Gasteiger partial charge on any atom is 0.254 e. The van der Waals surface area contributed by atoms with E-state index in [9.17, 15) is 18.0 Å². The molecule has 1 saturated heterocycles. The average molecular weight is 286 g/mol. The molecule has 1 unspecified atom stereocenters. The highest BCUT2D eigenvalue weighted by molar-refractivity contribution is 5.94. The molecule has 1 aliphatic rings. The van der Waals surface area contributed by atoms with Crippen molar-refractivity contribution in [3.63, 3.8) is 0 Å². The largest absolute Gasteiger partial charge is 0.351 e. The molecule has 0 spiro atoms. The van der Waals surface area contributed by atoms with Crippen LogP contribution in [0.25, 0.3) is 0 Å². The number of benzene rings is 1. The van der Waals surface area contributed by atoms with Crippen LogP contribution in [0.4, 0.5) is 13.2 Å². The van der Waals surface area contributed by atoms with Crippen molar-refractivity contribution in [1.29, 1.82) is 0 Å². The first-order valence-corrected chi connectivity index (χ1v) is 6.55. The minimum absolute atomic E-state index is 0.108. The highest BCUT2D eigenvalue weighted by Gasteiger charge is 2.28. The second-order valence-corrected chi connectivity index (χ2v) is 5.50. The lowest BCUT2D eigenvalue weighted by Gasteiger charge is -2.34. The Kier molecular flexibility index (Phi) is 4.32. The van der Waals surface area contributed by atoms with Gasteiger partial charge in [-0.1, -0.05) is 6.92 Å². The maximum atomic E-state index is 13.5. The van der Waals surface area contributed by atoms with E-state index in [1.54, 1.807) is 0 Å². The van der Waals surface area contributed by atoms with Crippen LogP contribution < -0.4 is 10.6 Å². The summed E-state index contributed by atoms with van der Waals surface area (Å²) in [6.45, 7) is 4.08. The van der Waals surface area contributed by atoms with Gasteiger partial charge in [0, 0.05) is 13.1 Å². The molecule has 1 heterocycles. The fraction of sp³-hybridized carbons (Fsp3) is 0.500. The number of hydrogen-bond acceptors (Lipinski definition) is 2. The zero-order valence-electron chi connectivity index (χ0n) is 11.2. The highest BCUT2D eigenvalue weighted by atomic mass is 19.2. The van der Waals surface area contributed by atoms with Crippen molar-refractivity contribution in [3.8, 4) is 0 Å². The van der Waals surface area contributed by atoms with Crippen molar-refractivity contribution in [2.24, 2.45) is 5.41 Å². The summed E-state index contributed by atoms with van der Waals surface area (Å²) in [5.41, 5.74) is -0.584. The van der Waals surface area contributed by atoms with Crippen LogP contribution in [0, 0.1) is 22.9 Å². The van der Waals surface area contributed by atoms with E-state index in [1.165, 1.54) is 0 Å². The molecule has 2 N–H and O–H groups in total. The molecule has 110 valence electrons. The molecule has 1 aliphatic heterocycles. The van der Waals surface area contributed by atoms with E-state index < -0.39 is 28.9 Å². The summed E-state index contributed by atoms with van der Waals surface area (Å²) in [7, 11) is 0. The molecular formula is C14H17F3N2O. The van der Waals surface area contributed by atoms with Crippen molar-refractivity contribution in [2.75, 3.05) is 19.6 Å². The van der Waals surface area contributed by atoms with Crippen molar-refractivity contribution in [2.45, 2.75) is 19.8 Å². The van der Waals surface area contributed by atoms with E-state index in [4.69, 9.17) is 0 Å². The normalized spacial score (nSPS) is 22.6. The monoisotopic (exact) mass is 286 g/mol. The molecule has 0 aromatic heterocycles. The number of nitrogens with one attached hydrogen (secondary N) is 2. The van der Waals surface area contributed by atoms with Crippen LogP contribution >= 0.6 is 0 Å². The number of piperidine rings is 1. The van der Waals surface area contributed by atoms with Gasteiger partial charge in [-0.05, 0) is 36.9 Å². The molecule has 2 rings (SSSR count). The maximum absolute atomic E-state index is 13.5. The van der Waals surface area contributed by atoms with Gasteiger partial charge in [-0.3, -0.25) is 4.79 Å². The molecule has 0 saturated carbocycles. The molecule has 0 bridgehead atoms. The van der Waals surface area contributed by atoms with Gasteiger partial charge in [0.15, 0.2) is 17.5 Å². The summed E-state index contributed by atoms with van der Waals surface area (Å²) in [5.74, 6) is -5.10. The van der Waals surface area contributed by atoms with Crippen molar-refractivity contribution < 1.29 is 18.0 Å². The van der Waals surface area contributed by atoms with Gasteiger partial charge in [0.05, 0.1) is 5.56 Å². The van der Waals surface area contributed by atoms with Gasteiger partial charge in [0.25, 0.3) is 5.91 Å². The Hall–Kier alpha value is -1.56. The first kappa shape index (κ1) is 14.8. The van der Waals surface area contributed by atoms with E-state index in [2.05, 4.69) is 10.6 Å². The van der Waals surface area contributed by atoms with Crippen molar-refractivity contribution in [3.05, 3.63) is 35.1 Å². The topological polar surface area (TPSA) is 41.1 Å². The lowest BCUT2D eigenvalue weighted by atomic mass is 9.83. The Balaban J connectivity index is 2.03. The molecular weight excluding hydrogens is 269 g/mol. The van der Waals surface area contributed by atoms with Gasteiger partial charge >= 0.3 is 0 Å². The van der Waals surface area contributed by atoms with Crippen LogP contribution in [0.3, 0.4) is 0 Å². The second-order valence-electron chi connectivity index (χ2n) is 5.50. The van der Waals surface area contributed by atoms with E-state index >= 15 is 0 Å². The number of amides is 1. The fourth-order valence-electron chi connectivity index (χ4n) is 2.36. The Labute approximate surface area is 115 Å². The van der Waals surface area contributed by atoms with Crippen LogP contribution in [0.2, 0.25) is 0 Å². The van der Waals surface area contributed by atoms with E-state index in [0.29, 0.717) is 6.54 Å². The number of carbonyl (C=O) groups excluding carboxylic acids is 1. The Morgan fingerprint density at radius 3 is 2.75 bits per heavy atom. The van der Waals surface area contributed by atoms with Crippen molar-refractivity contribution in [1.82, 2.24) is 10.6 Å². The molecule has 1 fully saturated rings. The van der Waals surface area contributed by atoms with Crippen molar-refractivity contribution >= 4 is 5.91 Å². The standard InChI is InChI=1S/C14H17F3N2O/c1-14(5-2-6-18-7-14)8-19-13(20)9-3-4-10(15)12(17)11(9)16/h3-4,18H,2,5-8H2,1H3,(H,19,20). The molecule has 1 amide bonds. The summed E-state index contributed by atoms with van der Waals surface area (Å²) in [4.78, 5) is 11.9. The first-order valence-electron chi connectivity index (χ1n) is 6.55. The second kappa shape index (κ2) is 5.83. The summed E-state index contributed by atoms with van der Waals surface area (Å²) >= 11 is 0. The van der Waals surface area contributed by atoms with Gasteiger partial charge in [-0.15, -0.1) is 0 Å². The van der Waals surface area contributed by atoms with Gasteiger partial charge < -0.3 is 10.6 Å². The molecule has 0 radical (unpaired) electrons. The Morgan fingerprint density at radius 2 is 2.10 bits per heavy atom. The minimum Gasteiger partial charge on any atom is -0.351 e. The predicted octanol–water partition coefficient (Wildman–Crippen LogP) is 2.22. The van der Waals surface area contributed by atoms with Crippen LogP contribution in [-0.2, 0) is 0 Å². The molecule has 1 atom stereocenters. The smallest absolute Gasteiger partial charge is 0.254 e. The summed E-state index contributed by atoms with van der Waals surface area (Å²) in [5, 5.41) is 5.82. The lowest BCUT2D eigenvalue weighted by Crippen LogP contribution is -2.45.